The summed E-state index contributed by atoms with van der Waals surface area (Å²) in [6.45, 7) is 12.7. The summed E-state index contributed by atoms with van der Waals surface area (Å²) in [5.74, 6) is 0.822. The van der Waals surface area contributed by atoms with Crippen molar-refractivity contribution in [2.75, 3.05) is 6.54 Å². The van der Waals surface area contributed by atoms with E-state index in [2.05, 4.69) is 66.6 Å². The lowest BCUT2D eigenvalue weighted by atomic mass is 10.1. The van der Waals surface area contributed by atoms with Crippen LogP contribution in [0.3, 0.4) is 0 Å². The maximum absolute atomic E-state index is 4.77. The number of nitrogens with zero attached hydrogens (tertiary/aromatic N) is 3. The minimum atomic E-state index is 0.639. The predicted octanol–water partition coefficient (Wildman–Crippen LogP) is 3.39. The quantitative estimate of drug-likeness (QED) is 0.479. The summed E-state index contributed by atoms with van der Waals surface area (Å²) in [6, 6.07) is 6.51. The molecule has 2 heterocycles. The first-order chi connectivity index (χ1) is 12.9. The van der Waals surface area contributed by atoms with Crippen molar-refractivity contribution < 1.29 is 0 Å². The van der Waals surface area contributed by atoms with E-state index in [-0.39, 0.29) is 0 Å². The summed E-state index contributed by atoms with van der Waals surface area (Å²) in [4.78, 5) is 8.19. The molecule has 0 amide bonds. The molecule has 0 fully saturated rings. The second-order valence-electron chi connectivity index (χ2n) is 7.08. The molecule has 3 N–H and O–H groups in total. The summed E-state index contributed by atoms with van der Waals surface area (Å²) in [6.07, 6.45) is 0. The van der Waals surface area contributed by atoms with Gasteiger partial charge in [0, 0.05) is 48.0 Å². The molecule has 6 heteroatoms. The summed E-state index contributed by atoms with van der Waals surface area (Å²) in [5, 5.41) is 12.5. The summed E-state index contributed by atoms with van der Waals surface area (Å²) in [7, 11) is 1.98. The molecule has 3 rings (SSSR count). The van der Waals surface area contributed by atoms with E-state index in [1.54, 1.807) is 0 Å². The first-order valence-corrected chi connectivity index (χ1v) is 9.49. The number of guanidine groups is 1. The summed E-state index contributed by atoms with van der Waals surface area (Å²) >= 11 is 0. The lowest BCUT2D eigenvalue weighted by molar-refractivity contribution is 0.728. The molecular formula is C21H30N6. The lowest BCUT2D eigenvalue weighted by Gasteiger charge is -2.12. The van der Waals surface area contributed by atoms with Crippen molar-refractivity contribution in [2.45, 2.75) is 47.7 Å². The van der Waals surface area contributed by atoms with Crippen LogP contribution in [0.25, 0.3) is 10.9 Å². The maximum Gasteiger partial charge on any atom is 0.191 e. The van der Waals surface area contributed by atoms with Gasteiger partial charge in [0.05, 0.1) is 12.2 Å². The first-order valence-electron chi connectivity index (χ1n) is 9.49. The Labute approximate surface area is 161 Å². The third-order valence-electron chi connectivity index (χ3n) is 5.23. The molecule has 0 saturated carbocycles. The Balaban J connectivity index is 1.74. The van der Waals surface area contributed by atoms with Crippen LogP contribution in [0.2, 0.25) is 0 Å². The molecule has 144 valence electrons. The van der Waals surface area contributed by atoms with Crippen LogP contribution in [0.5, 0.6) is 0 Å². The Morgan fingerprint density at radius 3 is 2.63 bits per heavy atom. The van der Waals surface area contributed by atoms with Crippen molar-refractivity contribution in [3.63, 3.8) is 0 Å². The molecular weight excluding hydrogens is 336 g/mol. The Morgan fingerprint density at radius 1 is 1.19 bits per heavy atom. The molecule has 1 aromatic carbocycles. The highest BCUT2D eigenvalue weighted by atomic mass is 15.3. The second-order valence-corrected chi connectivity index (χ2v) is 7.08. The van der Waals surface area contributed by atoms with Crippen LogP contribution in [0.4, 0.5) is 0 Å². The lowest BCUT2D eigenvalue weighted by Crippen LogP contribution is -2.37. The molecule has 27 heavy (non-hydrogen) atoms. The van der Waals surface area contributed by atoms with Crippen LogP contribution >= 0.6 is 0 Å². The van der Waals surface area contributed by atoms with Gasteiger partial charge in [-0.3, -0.25) is 4.68 Å². The fourth-order valence-corrected chi connectivity index (χ4v) is 3.36. The molecule has 0 aliphatic carbocycles. The highest BCUT2D eigenvalue weighted by Crippen LogP contribution is 2.22. The number of aromatic nitrogens is 3. The molecule has 6 nitrogen and oxygen atoms in total. The standard InChI is InChI=1S/C21H30N6/c1-7-22-21(24-12-19-15(4)26-27(6)16(19)5)23-11-17-8-9-20-18(10-17)13(2)14(3)25-20/h8-10,25H,7,11-12H2,1-6H3,(H2,22,23,24). The fraction of sp³-hybridized carbons (Fsp3) is 0.429. The monoisotopic (exact) mass is 366 g/mol. The van der Waals surface area contributed by atoms with Gasteiger partial charge in [0.15, 0.2) is 5.96 Å². The highest BCUT2D eigenvalue weighted by Gasteiger charge is 2.10. The number of fused-ring (bicyclic) bond motifs is 1. The van der Waals surface area contributed by atoms with E-state index in [0.717, 1.165) is 18.2 Å². The highest BCUT2D eigenvalue weighted by molar-refractivity contribution is 5.85. The van der Waals surface area contributed by atoms with Crippen LogP contribution in [0, 0.1) is 27.7 Å². The summed E-state index contributed by atoms with van der Waals surface area (Å²) in [5.41, 5.74) is 8.39. The van der Waals surface area contributed by atoms with Gasteiger partial charge in [-0.05, 0) is 57.9 Å². The molecule has 0 unspecified atom stereocenters. The number of hydrogen-bond acceptors (Lipinski definition) is 2. The smallest absolute Gasteiger partial charge is 0.191 e. The molecule has 0 spiro atoms. The third kappa shape index (κ3) is 3.99. The van der Waals surface area contributed by atoms with Crippen molar-refractivity contribution in [3.05, 3.63) is 52.0 Å². The minimum absolute atomic E-state index is 0.639. The molecule has 0 bridgehead atoms. The molecule has 0 atom stereocenters. The number of nitrogens with one attached hydrogen (secondary N) is 3. The van der Waals surface area contributed by atoms with Gasteiger partial charge in [0.2, 0.25) is 0 Å². The van der Waals surface area contributed by atoms with Crippen molar-refractivity contribution in [1.29, 1.82) is 0 Å². The molecule has 3 aromatic rings. The minimum Gasteiger partial charge on any atom is -0.358 e. The van der Waals surface area contributed by atoms with Gasteiger partial charge in [0.1, 0.15) is 0 Å². The van der Waals surface area contributed by atoms with Crippen LogP contribution in [0.1, 0.15) is 40.7 Å². The van der Waals surface area contributed by atoms with E-state index in [1.165, 1.54) is 39.0 Å². The van der Waals surface area contributed by atoms with Gasteiger partial charge in [0.25, 0.3) is 0 Å². The van der Waals surface area contributed by atoms with Crippen molar-refractivity contribution >= 4 is 16.9 Å². The molecule has 0 aliphatic rings. The van der Waals surface area contributed by atoms with Gasteiger partial charge in [-0.15, -0.1) is 0 Å². The van der Waals surface area contributed by atoms with E-state index >= 15 is 0 Å². The molecule has 0 aliphatic heterocycles. The molecule has 0 saturated heterocycles. The third-order valence-corrected chi connectivity index (χ3v) is 5.23. The maximum atomic E-state index is 4.77. The van der Waals surface area contributed by atoms with Crippen molar-refractivity contribution in [3.8, 4) is 0 Å². The first kappa shape index (κ1) is 19.0. The fourth-order valence-electron chi connectivity index (χ4n) is 3.36. The second kappa shape index (κ2) is 7.86. The predicted molar refractivity (Wildman–Crippen MR) is 112 cm³/mol. The number of rotatable bonds is 5. The zero-order valence-electron chi connectivity index (χ0n) is 17.2. The van der Waals surface area contributed by atoms with Gasteiger partial charge in [-0.1, -0.05) is 6.07 Å². The number of H-pyrrole nitrogens is 1. The van der Waals surface area contributed by atoms with E-state index in [0.29, 0.717) is 13.1 Å². The van der Waals surface area contributed by atoms with Gasteiger partial charge in [-0.2, -0.15) is 5.10 Å². The number of aryl methyl sites for hydroxylation is 4. The summed E-state index contributed by atoms with van der Waals surface area (Å²) < 4.78 is 1.92. The van der Waals surface area contributed by atoms with E-state index < -0.39 is 0 Å². The van der Waals surface area contributed by atoms with Crippen LogP contribution < -0.4 is 10.6 Å². The number of aliphatic imine (C=N–C) groups is 1. The normalized spacial score (nSPS) is 12.0. The van der Waals surface area contributed by atoms with Crippen LogP contribution in [-0.4, -0.2) is 27.3 Å². The van der Waals surface area contributed by atoms with Crippen molar-refractivity contribution in [2.24, 2.45) is 12.0 Å². The van der Waals surface area contributed by atoms with Crippen LogP contribution in [-0.2, 0) is 20.1 Å². The topological polar surface area (TPSA) is 70.0 Å². The van der Waals surface area contributed by atoms with E-state index in [9.17, 15) is 0 Å². The zero-order chi connectivity index (χ0) is 19.6. The number of aromatic amines is 1. The van der Waals surface area contributed by atoms with Crippen molar-refractivity contribution in [1.82, 2.24) is 25.4 Å². The van der Waals surface area contributed by atoms with Crippen LogP contribution in [0.15, 0.2) is 23.2 Å². The van der Waals surface area contributed by atoms with Gasteiger partial charge < -0.3 is 15.6 Å². The zero-order valence-corrected chi connectivity index (χ0v) is 17.2. The van der Waals surface area contributed by atoms with Gasteiger partial charge >= 0.3 is 0 Å². The average Bonchev–Trinajstić information content (AvgIpc) is 3.06. The Hall–Kier alpha value is -2.76. The number of hydrogen-bond donors (Lipinski definition) is 3. The Morgan fingerprint density at radius 2 is 1.96 bits per heavy atom. The van der Waals surface area contributed by atoms with Gasteiger partial charge in [-0.25, -0.2) is 4.99 Å². The molecule has 2 aromatic heterocycles. The SMILES string of the molecule is CCNC(=NCc1ccc2[nH]c(C)c(C)c2c1)NCc1c(C)nn(C)c1C. The van der Waals surface area contributed by atoms with E-state index in [4.69, 9.17) is 4.99 Å². The largest absolute Gasteiger partial charge is 0.358 e. The van der Waals surface area contributed by atoms with E-state index in [1.807, 2.05) is 18.7 Å². The average molecular weight is 367 g/mol. The molecule has 0 radical (unpaired) electrons. The number of benzene rings is 1. The Bertz CT molecular complexity index is 976. The Kier molecular flexibility index (Phi) is 5.54.